The highest BCUT2D eigenvalue weighted by atomic mass is 32.2. The molecule has 0 aliphatic carbocycles. The average Bonchev–Trinajstić information content (AvgIpc) is 3.40. The number of halogens is 3. The molecule has 0 radical (unpaired) electrons. The lowest BCUT2D eigenvalue weighted by atomic mass is 10.0. The summed E-state index contributed by atoms with van der Waals surface area (Å²) in [5, 5.41) is 3.36. The fourth-order valence-electron chi connectivity index (χ4n) is 4.89. The van der Waals surface area contributed by atoms with Gasteiger partial charge in [-0.2, -0.15) is 23.1 Å². The third-order valence-electron chi connectivity index (χ3n) is 6.76. The summed E-state index contributed by atoms with van der Waals surface area (Å²) < 4.78 is 86.6. The topological polar surface area (TPSA) is 108 Å². The van der Waals surface area contributed by atoms with Crippen molar-refractivity contribution < 1.29 is 35.8 Å². The molecule has 2 aromatic carbocycles. The molecule has 42 heavy (non-hydrogen) atoms. The summed E-state index contributed by atoms with van der Waals surface area (Å²) in [7, 11) is -2.53. The van der Waals surface area contributed by atoms with Gasteiger partial charge in [0.25, 0.3) is 0 Å². The molecular weight excluding hydrogens is 575 g/mol. The molecule has 3 heterocycles. The molecule has 0 saturated carbocycles. The van der Waals surface area contributed by atoms with Crippen molar-refractivity contribution in [2.75, 3.05) is 45.3 Å². The third-order valence-corrected chi connectivity index (χ3v) is 8.35. The Balaban J connectivity index is 1.51. The zero-order chi connectivity index (χ0) is 29.9. The lowest BCUT2D eigenvalue weighted by Crippen LogP contribution is -2.44. The molecule has 0 spiro atoms. The Morgan fingerprint density at radius 3 is 2.48 bits per heavy atom. The van der Waals surface area contributed by atoms with Crippen LogP contribution in [-0.2, 0) is 20.5 Å². The number of hydrogen-bond acceptors (Lipinski definition) is 9. The number of hydrogen-bond donors (Lipinski definition) is 1. The molecule has 1 aliphatic rings. The van der Waals surface area contributed by atoms with Crippen LogP contribution in [0.4, 0.5) is 24.8 Å². The predicted octanol–water partition coefficient (Wildman–Crippen LogP) is 4.90. The number of rotatable bonds is 10. The van der Waals surface area contributed by atoms with E-state index in [0.717, 1.165) is 3.97 Å². The van der Waals surface area contributed by atoms with E-state index in [0.29, 0.717) is 10.9 Å². The van der Waals surface area contributed by atoms with Crippen molar-refractivity contribution in [3.05, 3.63) is 71.9 Å². The molecule has 4 aromatic rings. The Morgan fingerprint density at radius 1 is 1.07 bits per heavy atom. The van der Waals surface area contributed by atoms with E-state index in [1.54, 1.807) is 43.3 Å². The SMILES string of the molecule is CCOc1nc(Nc2ccc(C(N3CCOCC3)C(F)(F)F)cc2OC)nc2c1ccn2S(=O)(=O)Cc1ccccc1. The number of nitrogens with one attached hydrogen (secondary N) is 1. The Hall–Kier alpha value is -3.88. The van der Waals surface area contributed by atoms with Gasteiger partial charge in [0.15, 0.2) is 5.65 Å². The molecular formula is C28H30F3N5O5S. The van der Waals surface area contributed by atoms with E-state index < -0.39 is 22.2 Å². The molecule has 0 bridgehead atoms. The molecule has 1 fully saturated rings. The van der Waals surface area contributed by atoms with Crippen molar-refractivity contribution in [2.24, 2.45) is 0 Å². The summed E-state index contributed by atoms with van der Waals surface area (Å²) in [5.74, 6) is 0.00234. The van der Waals surface area contributed by atoms with Crippen molar-refractivity contribution in [1.82, 2.24) is 18.8 Å². The van der Waals surface area contributed by atoms with E-state index in [1.165, 1.54) is 36.4 Å². The third kappa shape index (κ3) is 6.30. The molecule has 1 unspecified atom stereocenters. The second-order valence-corrected chi connectivity index (χ2v) is 11.4. The fourth-order valence-corrected chi connectivity index (χ4v) is 6.29. The van der Waals surface area contributed by atoms with E-state index in [1.807, 2.05) is 0 Å². The fraction of sp³-hybridized carbons (Fsp3) is 0.357. The van der Waals surface area contributed by atoms with Crippen LogP contribution in [0.5, 0.6) is 11.6 Å². The first-order valence-electron chi connectivity index (χ1n) is 13.2. The van der Waals surface area contributed by atoms with E-state index in [4.69, 9.17) is 14.2 Å². The minimum Gasteiger partial charge on any atom is -0.495 e. The van der Waals surface area contributed by atoms with Crippen LogP contribution in [0.15, 0.2) is 60.8 Å². The summed E-state index contributed by atoms with van der Waals surface area (Å²) in [5.41, 5.74) is 0.998. The number of nitrogens with zero attached hydrogens (tertiary/aromatic N) is 4. The Morgan fingerprint density at radius 2 is 1.81 bits per heavy atom. The minimum atomic E-state index is -4.52. The first kappa shape index (κ1) is 29.6. The van der Waals surface area contributed by atoms with Crippen LogP contribution in [0.1, 0.15) is 24.1 Å². The van der Waals surface area contributed by atoms with Crippen LogP contribution < -0.4 is 14.8 Å². The summed E-state index contributed by atoms with van der Waals surface area (Å²) in [4.78, 5) is 10.2. The van der Waals surface area contributed by atoms with Gasteiger partial charge in [0.2, 0.25) is 21.9 Å². The molecule has 5 rings (SSSR count). The van der Waals surface area contributed by atoms with Crippen LogP contribution in [0.25, 0.3) is 11.0 Å². The summed E-state index contributed by atoms with van der Waals surface area (Å²) in [6, 6.07) is 12.6. The number of aromatic nitrogens is 3. The maximum absolute atomic E-state index is 14.2. The van der Waals surface area contributed by atoms with Gasteiger partial charge in [-0.25, -0.2) is 12.4 Å². The molecule has 14 heteroatoms. The molecule has 10 nitrogen and oxygen atoms in total. The molecule has 1 N–H and O–H groups in total. The van der Waals surface area contributed by atoms with Gasteiger partial charge in [0, 0.05) is 19.3 Å². The van der Waals surface area contributed by atoms with Crippen molar-refractivity contribution in [1.29, 1.82) is 0 Å². The number of methoxy groups -OCH3 is 1. The average molecular weight is 606 g/mol. The normalized spacial score (nSPS) is 15.5. The monoisotopic (exact) mass is 605 g/mol. The van der Waals surface area contributed by atoms with Gasteiger partial charge in [-0.05, 0) is 36.2 Å². The molecule has 224 valence electrons. The molecule has 1 saturated heterocycles. The summed E-state index contributed by atoms with van der Waals surface area (Å²) in [6.07, 6.45) is -3.13. The van der Waals surface area contributed by atoms with Crippen molar-refractivity contribution in [3.63, 3.8) is 0 Å². The van der Waals surface area contributed by atoms with Crippen LogP contribution in [0.2, 0.25) is 0 Å². The van der Waals surface area contributed by atoms with E-state index in [2.05, 4.69) is 15.3 Å². The van der Waals surface area contributed by atoms with Gasteiger partial charge < -0.3 is 19.5 Å². The zero-order valence-electron chi connectivity index (χ0n) is 23.0. The highest BCUT2D eigenvalue weighted by Gasteiger charge is 2.45. The smallest absolute Gasteiger partial charge is 0.408 e. The Kier molecular flexibility index (Phi) is 8.57. The first-order chi connectivity index (χ1) is 20.1. The van der Waals surface area contributed by atoms with Crippen LogP contribution in [-0.4, -0.2) is 73.5 Å². The summed E-state index contributed by atoms with van der Waals surface area (Å²) >= 11 is 0. The molecule has 0 amide bonds. The quantitative estimate of drug-likeness (QED) is 0.270. The van der Waals surface area contributed by atoms with Gasteiger partial charge in [-0.1, -0.05) is 36.4 Å². The van der Waals surface area contributed by atoms with Crippen LogP contribution in [0.3, 0.4) is 0 Å². The van der Waals surface area contributed by atoms with E-state index in [9.17, 15) is 21.6 Å². The van der Waals surface area contributed by atoms with E-state index >= 15 is 0 Å². The molecule has 2 aromatic heterocycles. The largest absolute Gasteiger partial charge is 0.495 e. The van der Waals surface area contributed by atoms with Crippen LogP contribution >= 0.6 is 0 Å². The number of ether oxygens (including phenoxy) is 3. The number of anilines is 2. The number of morpholine rings is 1. The number of benzene rings is 2. The molecule has 1 aliphatic heterocycles. The van der Waals surface area contributed by atoms with Crippen LogP contribution in [0, 0.1) is 0 Å². The van der Waals surface area contributed by atoms with E-state index in [-0.39, 0.29) is 73.1 Å². The van der Waals surface area contributed by atoms with Gasteiger partial charge >= 0.3 is 6.18 Å². The van der Waals surface area contributed by atoms with Crippen molar-refractivity contribution in [2.45, 2.75) is 24.9 Å². The number of fused-ring (bicyclic) bond motifs is 1. The number of alkyl halides is 3. The maximum Gasteiger partial charge on any atom is 0.408 e. The van der Waals surface area contributed by atoms with Gasteiger partial charge in [-0.15, -0.1) is 0 Å². The van der Waals surface area contributed by atoms with Gasteiger partial charge in [-0.3, -0.25) is 4.90 Å². The lowest BCUT2D eigenvalue weighted by Gasteiger charge is -2.36. The summed E-state index contributed by atoms with van der Waals surface area (Å²) in [6.45, 7) is 2.74. The first-order valence-corrected chi connectivity index (χ1v) is 14.8. The van der Waals surface area contributed by atoms with Gasteiger partial charge in [0.1, 0.15) is 11.8 Å². The highest BCUT2D eigenvalue weighted by Crippen LogP contribution is 2.41. The van der Waals surface area contributed by atoms with Gasteiger partial charge in [0.05, 0.1) is 43.8 Å². The highest BCUT2D eigenvalue weighted by molar-refractivity contribution is 7.89. The van der Waals surface area contributed by atoms with Crippen molar-refractivity contribution >= 4 is 32.7 Å². The second-order valence-electron chi connectivity index (χ2n) is 9.55. The predicted molar refractivity (Wildman–Crippen MR) is 151 cm³/mol. The minimum absolute atomic E-state index is 0.0130. The zero-order valence-corrected chi connectivity index (χ0v) is 23.8. The Labute approximate surface area is 241 Å². The molecule has 1 atom stereocenters. The second kappa shape index (κ2) is 12.2. The van der Waals surface area contributed by atoms with Crippen molar-refractivity contribution in [3.8, 4) is 11.6 Å². The maximum atomic E-state index is 14.2. The Bertz CT molecular complexity index is 1640. The lowest BCUT2D eigenvalue weighted by molar-refractivity contribution is -0.194. The standard InChI is InChI=1S/C28H30F3N5O5S/c1-3-41-26-21-11-12-36(42(37,38)18-19-7-5-4-6-8-19)25(21)33-27(34-26)32-22-10-9-20(17-23(22)39-2)24(28(29,30)31)35-13-15-40-16-14-35/h4-12,17,24H,3,13-16,18H2,1-2H3,(H,32,33,34).